The van der Waals surface area contributed by atoms with Crippen LogP contribution in [-0.2, 0) is 4.74 Å². The first kappa shape index (κ1) is 10.4. The second-order valence-electron chi connectivity index (χ2n) is 4.50. The molecule has 13 heavy (non-hydrogen) atoms. The van der Waals surface area contributed by atoms with E-state index in [1.165, 1.54) is 19.3 Å². The molecule has 1 rings (SSSR count). The van der Waals surface area contributed by atoms with Crippen LogP contribution in [0.15, 0.2) is 0 Å². The number of ether oxygens (including phenoxy) is 1. The molecule has 1 atom stereocenters. The Labute approximate surface area is 79.6 Å². The SMILES string of the molecule is CC(C1CCC1)C(C)(C)OC(N)=O. The summed E-state index contributed by atoms with van der Waals surface area (Å²) in [5.74, 6) is 1.10. The fourth-order valence-corrected chi connectivity index (χ4v) is 1.86. The number of rotatable bonds is 3. The van der Waals surface area contributed by atoms with Gasteiger partial charge in [0.05, 0.1) is 0 Å². The first-order valence-electron chi connectivity index (χ1n) is 4.92. The summed E-state index contributed by atoms with van der Waals surface area (Å²) in [6, 6.07) is 0. The summed E-state index contributed by atoms with van der Waals surface area (Å²) in [7, 11) is 0. The maximum atomic E-state index is 10.6. The molecule has 76 valence electrons. The first-order chi connectivity index (χ1) is 5.93. The highest BCUT2D eigenvalue weighted by atomic mass is 16.6. The third-order valence-corrected chi connectivity index (χ3v) is 3.32. The minimum atomic E-state index is -0.670. The zero-order valence-electron chi connectivity index (χ0n) is 8.67. The van der Waals surface area contributed by atoms with E-state index in [2.05, 4.69) is 6.92 Å². The summed E-state index contributed by atoms with van der Waals surface area (Å²) < 4.78 is 5.10. The topological polar surface area (TPSA) is 52.3 Å². The minimum Gasteiger partial charge on any atom is -0.443 e. The Morgan fingerprint density at radius 1 is 1.54 bits per heavy atom. The Bertz CT molecular complexity index is 197. The van der Waals surface area contributed by atoms with Crippen LogP contribution >= 0.6 is 0 Å². The van der Waals surface area contributed by atoms with Crippen LogP contribution in [0.5, 0.6) is 0 Å². The molecule has 0 radical (unpaired) electrons. The molecule has 1 aliphatic rings. The van der Waals surface area contributed by atoms with Gasteiger partial charge in [-0.15, -0.1) is 0 Å². The fraction of sp³-hybridized carbons (Fsp3) is 0.900. The Balaban J connectivity index is 2.50. The zero-order chi connectivity index (χ0) is 10.1. The first-order valence-corrected chi connectivity index (χ1v) is 4.92. The van der Waals surface area contributed by atoms with E-state index in [4.69, 9.17) is 10.5 Å². The summed E-state index contributed by atoms with van der Waals surface area (Å²) in [6.07, 6.45) is 3.15. The van der Waals surface area contributed by atoms with E-state index < -0.39 is 11.7 Å². The van der Waals surface area contributed by atoms with E-state index in [1.807, 2.05) is 13.8 Å². The van der Waals surface area contributed by atoms with E-state index in [1.54, 1.807) is 0 Å². The van der Waals surface area contributed by atoms with Gasteiger partial charge >= 0.3 is 6.09 Å². The molecule has 0 bridgehead atoms. The Hall–Kier alpha value is -0.730. The average molecular weight is 185 g/mol. The molecule has 0 aromatic heterocycles. The van der Waals surface area contributed by atoms with Crippen LogP contribution in [0.3, 0.4) is 0 Å². The molecular formula is C10H19NO2. The van der Waals surface area contributed by atoms with Crippen molar-refractivity contribution >= 4 is 6.09 Å². The van der Waals surface area contributed by atoms with Crippen LogP contribution in [0, 0.1) is 11.8 Å². The van der Waals surface area contributed by atoms with Gasteiger partial charge in [-0.25, -0.2) is 4.79 Å². The van der Waals surface area contributed by atoms with Crippen molar-refractivity contribution in [3.63, 3.8) is 0 Å². The van der Waals surface area contributed by atoms with Gasteiger partial charge in [0, 0.05) is 0 Å². The van der Waals surface area contributed by atoms with Gasteiger partial charge in [0.2, 0.25) is 0 Å². The summed E-state index contributed by atoms with van der Waals surface area (Å²) >= 11 is 0. The van der Waals surface area contributed by atoms with E-state index >= 15 is 0 Å². The molecule has 1 aliphatic carbocycles. The third-order valence-electron chi connectivity index (χ3n) is 3.32. The molecule has 1 saturated carbocycles. The summed E-state index contributed by atoms with van der Waals surface area (Å²) in [4.78, 5) is 10.6. The highest BCUT2D eigenvalue weighted by molar-refractivity contribution is 5.65. The van der Waals surface area contributed by atoms with Gasteiger partial charge in [-0.05, 0) is 25.7 Å². The fourth-order valence-electron chi connectivity index (χ4n) is 1.86. The largest absolute Gasteiger partial charge is 0.443 e. The lowest BCUT2D eigenvalue weighted by Crippen LogP contribution is -2.42. The monoisotopic (exact) mass is 185 g/mol. The number of primary amides is 1. The average Bonchev–Trinajstić information content (AvgIpc) is 1.79. The van der Waals surface area contributed by atoms with Crippen molar-refractivity contribution in [3.8, 4) is 0 Å². The predicted molar refractivity (Wildman–Crippen MR) is 51.3 cm³/mol. The van der Waals surface area contributed by atoms with Crippen molar-refractivity contribution in [1.82, 2.24) is 0 Å². The molecule has 3 nitrogen and oxygen atoms in total. The van der Waals surface area contributed by atoms with Crippen molar-refractivity contribution in [2.75, 3.05) is 0 Å². The normalized spacial score (nSPS) is 20.5. The van der Waals surface area contributed by atoms with E-state index in [0.29, 0.717) is 11.8 Å². The maximum Gasteiger partial charge on any atom is 0.405 e. The molecule has 0 aromatic carbocycles. The van der Waals surface area contributed by atoms with Crippen molar-refractivity contribution in [3.05, 3.63) is 0 Å². The Kier molecular flexibility index (Phi) is 2.84. The van der Waals surface area contributed by atoms with Gasteiger partial charge in [0.25, 0.3) is 0 Å². The van der Waals surface area contributed by atoms with Crippen LogP contribution in [-0.4, -0.2) is 11.7 Å². The molecule has 0 aromatic rings. The second-order valence-corrected chi connectivity index (χ2v) is 4.50. The molecule has 0 spiro atoms. The molecule has 1 unspecified atom stereocenters. The van der Waals surface area contributed by atoms with Crippen molar-refractivity contribution in [1.29, 1.82) is 0 Å². The molecular weight excluding hydrogens is 166 g/mol. The van der Waals surface area contributed by atoms with Crippen LogP contribution in [0.4, 0.5) is 4.79 Å². The predicted octanol–water partition coefficient (Wildman–Crippen LogP) is 2.30. The number of amides is 1. The standard InChI is InChI=1S/C10H19NO2/c1-7(8-5-4-6-8)10(2,3)13-9(11)12/h7-8H,4-6H2,1-3H3,(H2,11,12). The number of hydrogen-bond acceptors (Lipinski definition) is 2. The molecule has 0 saturated heterocycles. The second kappa shape index (κ2) is 3.56. The van der Waals surface area contributed by atoms with Gasteiger partial charge < -0.3 is 10.5 Å². The van der Waals surface area contributed by atoms with E-state index in [9.17, 15) is 4.79 Å². The minimum absolute atomic E-state index is 0.397. The number of hydrogen-bond donors (Lipinski definition) is 1. The number of carbonyl (C=O) groups excluding carboxylic acids is 1. The van der Waals surface area contributed by atoms with Gasteiger partial charge in [-0.2, -0.15) is 0 Å². The van der Waals surface area contributed by atoms with E-state index in [-0.39, 0.29) is 0 Å². The lowest BCUT2D eigenvalue weighted by atomic mass is 9.70. The molecule has 1 amide bonds. The van der Waals surface area contributed by atoms with Crippen molar-refractivity contribution in [2.45, 2.75) is 45.6 Å². The van der Waals surface area contributed by atoms with Crippen molar-refractivity contribution in [2.24, 2.45) is 17.6 Å². The van der Waals surface area contributed by atoms with Gasteiger partial charge in [-0.3, -0.25) is 0 Å². The molecule has 2 N–H and O–H groups in total. The zero-order valence-corrected chi connectivity index (χ0v) is 8.67. The van der Waals surface area contributed by atoms with Gasteiger partial charge in [-0.1, -0.05) is 26.2 Å². The molecule has 0 heterocycles. The van der Waals surface area contributed by atoms with E-state index in [0.717, 1.165) is 0 Å². The maximum absolute atomic E-state index is 10.6. The molecule has 1 fully saturated rings. The van der Waals surface area contributed by atoms with Gasteiger partial charge in [0.15, 0.2) is 0 Å². The quantitative estimate of drug-likeness (QED) is 0.733. The molecule has 3 heteroatoms. The third kappa shape index (κ3) is 2.36. The highest BCUT2D eigenvalue weighted by Gasteiger charge is 2.37. The van der Waals surface area contributed by atoms with Crippen LogP contribution < -0.4 is 5.73 Å². The smallest absolute Gasteiger partial charge is 0.405 e. The van der Waals surface area contributed by atoms with Gasteiger partial charge in [0.1, 0.15) is 5.60 Å². The highest BCUT2D eigenvalue weighted by Crippen LogP contribution is 2.39. The number of nitrogens with two attached hydrogens (primary N) is 1. The summed E-state index contributed by atoms with van der Waals surface area (Å²) in [6.45, 7) is 5.99. The number of carbonyl (C=O) groups is 1. The summed E-state index contributed by atoms with van der Waals surface area (Å²) in [5.41, 5.74) is 4.60. The lowest BCUT2D eigenvalue weighted by molar-refractivity contribution is -0.0306. The Morgan fingerprint density at radius 3 is 2.38 bits per heavy atom. The van der Waals surface area contributed by atoms with Crippen molar-refractivity contribution < 1.29 is 9.53 Å². The Morgan fingerprint density at radius 2 is 2.08 bits per heavy atom. The summed E-state index contributed by atoms with van der Waals surface area (Å²) in [5, 5.41) is 0. The lowest BCUT2D eigenvalue weighted by Gasteiger charge is -2.40. The van der Waals surface area contributed by atoms with Crippen LogP contribution in [0.25, 0.3) is 0 Å². The van der Waals surface area contributed by atoms with Crippen LogP contribution in [0.1, 0.15) is 40.0 Å². The molecule has 0 aliphatic heterocycles. The van der Waals surface area contributed by atoms with Crippen LogP contribution in [0.2, 0.25) is 0 Å².